The van der Waals surface area contributed by atoms with Gasteiger partial charge in [0.05, 0.1) is 0 Å². The van der Waals surface area contributed by atoms with Crippen LogP contribution in [0.4, 0.5) is 5.69 Å². The topological polar surface area (TPSA) is 23.6 Å². The molecule has 21 heavy (non-hydrogen) atoms. The van der Waals surface area contributed by atoms with E-state index in [1.54, 1.807) is 0 Å². The van der Waals surface area contributed by atoms with E-state index in [0.717, 1.165) is 32.6 Å². The highest BCUT2D eigenvalue weighted by atomic mass is 16.2. The average Bonchev–Trinajstić information content (AvgIpc) is 3.18. The van der Waals surface area contributed by atoms with Crippen molar-refractivity contribution in [2.45, 2.75) is 12.8 Å². The smallest absolute Gasteiger partial charge is 0.226 e. The lowest BCUT2D eigenvalue weighted by Gasteiger charge is -2.38. The molecule has 1 aromatic carbocycles. The van der Waals surface area contributed by atoms with Gasteiger partial charge >= 0.3 is 0 Å². The van der Waals surface area contributed by atoms with Gasteiger partial charge in [0.1, 0.15) is 0 Å². The Morgan fingerprint density at radius 3 is 2.33 bits per heavy atom. The number of allylic oxidation sites excluding steroid dienone is 2. The van der Waals surface area contributed by atoms with Gasteiger partial charge in [-0.15, -0.1) is 0 Å². The maximum Gasteiger partial charge on any atom is 0.226 e. The highest BCUT2D eigenvalue weighted by molar-refractivity contribution is 5.80. The van der Waals surface area contributed by atoms with Crippen LogP contribution in [0, 0.1) is 17.8 Å². The molecule has 3 heteroatoms. The van der Waals surface area contributed by atoms with Crippen molar-refractivity contribution in [1.29, 1.82) is 0 Å². The SMILES string of the molecule is O=C([C@H]1C[C@@H]2C=C[C@H]1C2)N1CCN(c2ccccc2)CC1. The Labute approximate surface area is 126 Å². The molecule has 0 aromatic heterocycles. The Kier molecular flexibility index (Phi) is 3.21. The molecule has 3 nitrogen and oxygen atoms in total. The number of carbonyl (C=O) groups is 1. The molecule has 1 heterocycles. The summed E-state index contributed by atoms with van der Waals surface area (Å²) in [6, 6.07) is 10.5. The van der Waals surface area contributed by atoms with E-state index in [-0.39, 0.29) is 5.92 Å². The first-order valence-electron chi connectivity index (χ1n) is 8.08. The Bertz CT molecular complexity index is 546. The molecule has 110 valence electrons. The normalized spacial score (nSPS) is 31.0. The van der Waals surface area contributed by atoms with E-state index in [1.807, 2.05) is 6.07 Å². The second-order valence-electron chi connectivity index (χ2n) is 6.53. The summed E-state index contributed by atoms with van der Waals surface area (Å²) >= 11 is 0. The molecule has 3 atom stereocenters. The van der Waals surface area contributed by atoms with Crippen LogP contribution in [0.1, 0.15) is 12.8 Å². The number of para-hydroxylation sites is 1. The Morgan fingerprint density at radius 1 is 0.952 bits per heavy atom. The lowest BCUT2D eigenvalue weighted by Crippen LogP contribution is -2.50. The summed E-state index contributed by atoms with van der Waals surface area (Å²) in [6.07, 6.45) is 6.87. The van der Waals surface area contributed by atoms with Crippen LogP contribution in [0.5, 0.6) is 0 Å². The van der Waals surface area contributed by atoms with Crippen molar-refractivity contribution in [3.8, 4) is 0 Å². The van der Waals surface area contributed by atoms with Gasteiger partial charge in [-0.1, -0.05) is 30.4 Å². The first kappa shape index (κ1) is 12.9. The summed E-state index contributed by atoms with van der Waals surface area (Å²) < 4.78 is 0. The lowest BCUT2D eigenvalue weighted by atomic mass is 9.92. The minimum absolute atomic E-state index is 0.267. The number of fused-ring (bicyclic) bond motifs is 2. The van der Waals surface area contributed by atoms with Crippen molar-refractivity contribution in [2.24, 2.45) is 17.8 Å². The maximum atomic E-state index is 12.7. The van der Waals surface area contributed by atoms with Gasteiger partial charge in [-0.2, -0.15) is 0 Å². The van der Waals surface area contributed by atoms with Crippen LogP contribution in [0.15, 0.2) is 42.5 Å². The number of carbonyl (C=O) groups excluding carboxylic acids is 1. The molecular weight excluding hydrogens is 260 g/mol. The van der Waals surface area contributed by atoms with E-state index < -0.39 is 0 Å². The summed E-state index contributed by atoms with van der Waals surface area (Å²) in [4.78, 5) is 17.2. The molecule has 1 aromatic rings. The summed E-state index contributed by atoms with van der Waals surface area (Å²) in [6.45, 7) is 3.63. The predicted molar refractivity (Wildman–Crippen MR) is 84.1 cm³/mol. The van der Waals surface area contributed by atoms with Crippen molar-refractivity contribution in [3.05, 3.63) is 42.5 Å². The molecular formula is C18H22N2O. The molecule has 1 aliphatic heterocycles. The van der Waals surface area contributed by atoms with Gasteiger partial charge in [-0.05, 0) is 36.8 Å². The van der Waals surface area contributed by atoms with E-state index >= 15 is 0 Å². The fraction of sp³-hybridized carbons (Fsp3) is 0.500. The van der Waals surface area contributed by atoms with E-state index in [1.165, 1.54) is 12.1 Å². The number of piperazine rings is 1. The van der Waals surface area contributed by atoms with Crippen LogP contribution in [-0.2, 0) is 4.79 Å². The first-order chi connectivity index (χ1) is 10.3. The van der Waals surface area contributed by atoms with Gasteiger partial charge in [0, 0.05) is 37.8 Å². The highest BCUT2D eigenvalue weighted by Gasteiger charge is 2.41. The van der Waals surface area contributed by atoms with Crippen molar-refractivity contribution in [3.63, 3.8) is 0 Å². The Morgan fingerprint density at radius 2 is 1.71 bits per heavy atom. The molecule has 4 rings (SSSR count). The van der Waals surface area contributed by atoms with Crippen LogP contribution in [0.3, 0.4) is 0 Å². The second-order valence-corrected chi connectivity index (χ2v) is 6.53. The van der Waals surface area contributed by atoms with Gasteiger partial charge < -0.3 is 9.80 Å². The molecule has 0 unspecified atom stereocenters. The summed E-state index contributed by atoms with van der Waals surface area (Å²) in [5, 5.41) is 0. The molecule has 3 aliphatic rings. The monoisotopic (exact) mass is 282 g/mol. The largest absolute Gasteiger partial charge is 0.368 e. The summed E-state index contributed by atoms with van der Waals surface area (Å²) in [5.41, 5.74) is 1.27. The van der Waals surface area contributed by atoms with Gasteiger partial charge in [-0.3, -0.25) is 4.79 Å². The number of amides is 1. The molecule has 2 aliphatic carbocycles. The third-order valence-corrected chi connectivity index (χ3v) is 5.31. The number of hydrogen-bond donors (Lipinski definition) is 0. The molecule has 2 bridgehead atoms. The molecule has 1 saturated heterocycles. The Balaban J connectivity index is 1.37. The third kappa shape index (κ3) is 2.35. The molecule has 0 radical (unpaired) electrons. The minimum atomic E-state index is 0.267. The quantitative estimate of drug-likeness (QED) is 0.778. The van der Waals surface area contributed by atoms with Crippen LogP contribution in [-0.4, -0.2) is 37.0 Å². The fourth-order valence-electron chi connectivity index (χ4n) is 4.12. The van der Waals surface area contributed by atoms with Gasteiger partial charge in [0.15, 0.2) is 0 Å². The molecule has 1 saturated carbocycles. The van der Waals surface area contributed by atoms with Crippen LogP contribution in [0.25, 0.3) is 0 Å². The number of benzene rings is 1. The fourth-order valence-corrected chi connectivity index (χ4v) is 4.12. The zero-order chi connectivity index (χ0) is 14.2. The highest BCUT2D eigenvalue weighted by Crippen LogP contribution is 2.44. The summed E-state index contributed by atoms with van der Waals surface area (Å²) in [5.74, 6) is 1.87. The van der Waals surface area contributed by atoms with Crippen molar-refractivity contribution < 1.29 is 4.79 Å². The van der Waals surface area contributed by atoms with Crippen LogP contribution >= 0.6 is 0 Å². The number of hydrogen-bond acceptors (Lipinski definition) is 2. The van der Waals surface area contributed by atoms with Crippen LogP contribution in [0.2, 0.25) is 0 Å². The molecule has 0 N–H and O–H groups in total. The second kappa shape index (κ2) is 5.21. The Hall–Kier alpha value is -1.77. The summed E-state index contributed by atoms with van der Waals surface area (Å²) in [7, 11) is 0. The van der Waals surface area contributed by atoms with E-state index in [4.69, 9.17) is 0 Å². The van der Waals surface area contributed by atoms with Gasteiger partial charge in [0.25, 0.3) is 0 Å². The molecule has 1 amide bonds. The zero-order valence-corrected chi connectivity index (χ0v) is 12.3. The van der Waals surface area contributed by atoms with Crippen LogP contribution < -0.4 is 4.90 Å². The lowest BCUT2D eigenvalue weighted by molar-refractivity contribution is -0.136. The standard InChI is InChI=1S/C18H22N2O/c21-18(17-13-14-6-7-15(17)12-14)20-10-8-19(9-11-20)16-4-2-1-3-5-16/h1-7,14-15,17H,8-13H2/t14-,15+,17+/m1/s1. The number of rotatable bonds is 2. The van der Waals surface area contributed by atoms with Crippen molar-refractivity contribution >= 4 is 11.6 Å². The van der Waals surface area contributed by atoms with Crippen molar-refractivity contribution in [2.75, 3.05) is 31.1 Å². The number of anilines is 1. The van der Waals surface area contributed by atoms with E-state index in [9.17, 15) is 4.79 Å². The van der Waals surface area contributed by atoms with Gasteiger partial charge in [0.2, 0.25) is 5.91 Å². The first-order valence-corrected chi connectivity index (χ1v) is 8.08. The van der Waals surface area contributed by atoms with Gasteiger partial charge in [-0.25, -0.2) is 0 Å². The zero-order valence-electron chi connectivity index (χ0n) is 12.3. The van der Waals surface area contributed by atoms with E-state index in [0.29, 0.717) is 17.7 Å². The maximum absolute atomic E-state index is 12.7. The molecule has 2 fully saturated rings. The average molecular weight is 282 g/mol. The minimum Gasteiger partial charge on any atom is -0.368 e. The predicted octanol–water partition coefficient (Wildman–Crippen LogP) is 2.55. The molecule has 0 spiro atoms. The number of nitrogens with zero attached hydrogens (tertiary/aromatic N) is 2. The van der Waals surface area contributed by atoms with E-state index in [2.05, 4.69) is 46.2 Å². The van der Waals surface area contributed by atoms with Crippen molar-refractivity contribution in [1.82, 2.24) is 4.90 Å². The third-order valence-electron chi connectivity index (χ3n) is 5.31.